The lowest BCUT2D eigenvalue weighted by molar-refractivity contribution is 0.406. The van der Waals surface area contributed by atoms with Crippen molar-refractivity contribution in [2.24, 2.45) is 0 Å². The van der Waals surface area contributed by atoms with Crippen molar-refractivity contribution in [3.63, 3.8) is 0 Å². The molecule has 0 aliphatic carbocycles. The van der Waals surface area contributed by atoms with Gasteiger partial charge >= 0.3 is 0 Å². The summed E-state index contributed by atoms with van der Waals surface area (Å²) in [5.74, 6) is 2.02. The Kier molecular flexibility index (Phi) is 5.61. The van der Waals surface area contributed by atoms with Gasteiger partial charge in [-0.2, -0.15) is 0 Å². The van der Waals surface area contributed by atoms with Crippen molar-refractivity contribution < 1.29 is 29.2 Å². The molecule has 0 amide bonds. The van der Waals surface area contributed by atoms with E-state index in [2.05, 4.69) is 0 Å². The SMILES string of the molecule is COc1cc(C(C)c2cc(OC)c3cccc(OC)c3c2O)c(O)c2c(OC)cccc12. The molecule has 4 aromatic carbocycles. The van der Waals surface area contributed by atoms with Crippen LogP contribution < -0.4 is 18.9 Å². The minimum atomic E-state index is -0.401. The van der Waals surface area contributed by atoms with Crippen molar-refractivity contribution in [3.05, 3.63) is 59.7 Å². The normalized spacial score (nSPS) is 11.2. The van der Waals surface area contributed by atoms with Gasteiger partial charge in [0.25, 0.3) is 0 Å². The molecule has 0 fully saturated rings. The molecule has 6 nitrogen and oxygen atoms in total. The van der Waals surface area contributed by atoms with Crippen LogP contribution in [0.3, 0.4) is 0 Å². The zero-order valence-corrected chi connectivity index (χ0v) is 18.7. The van der Waals surface area contributed by atoms with E-state index >= 15 is 0 Å². The molecule has 0 atom stereocenters. The zero-order valence-electron chi connectivity index (χ0n) is 18.7. The molecule has 0 saturated carbocycles. The van der Waals surface area contributed by atoms with E-state index in [1.54, 1.807) is 52.7 Å². The molecule has 0 aliphatic heterocycles. The van der Waals surface area contributed by atoms with Gasteiger partial charge in [0.05, 0.1) is 39.2 Å². The Morgan fingerprint density at radius 2 is 0.969 bits per heavy atom. The third kappa shape index (κ3) is 3.19. The molecular weight excluding hydrogens is 408 g/mol. The van der Waals surface area contributed by atoms with Gasteiger partial charge in [0.1, 0.15) is 34.5 Å². The van der Waals surface area contributed by atoms with E-state index in [0.717, 1.165) is 10.8 Å². The van der Waals surface area contributed by atoms with Crippen LogP contribution in [0.25, 0.3) is 21.5 Å². The molecule has 0 radical (unpaired) electrons. The molecule has 0 spiro atoms. The summed E-state index contributed by atoms with van der Waals surface area (Å²) in [4.78, 5) is 0. The minimum Gasteiger partial charge on any atom is -0.507 e. The van der Waals surface area contributed by atoms with Crippen molar-refractivity contribution in [2.45, 2.75) is 12.8 Å². The van der Waals surface area contributed by atoms with Gasteiger partial charge < -0.3 is 29.2 Å². The van der Waals surface area contributed by atoms with E-state index < -0.39 is 5.92 Å². The van der Waals surface area contributed by atoms with Gasteiger partial charge in [-0.15, -0.1) is 0 Å². The molecule has 0 bridgehead atoms. The second-order valence-corrected chi connectivity index (χ2v) is 7.52. The smallest absolute Gasteiger partial charge is 0.131 e. The molecular formula is C26H26O6. The molecule has 0 heterocycles. The number of rotatable bonds is 6. The summed E-state index contributed by atoms with van der Waals surface area (Å²) in [5.41, 5.74) is 1.18. The zero-order chi connectivity index (χ0) is 23.0. The monoisotopic (exact) mass is 434 g/mol. The van der Waals surface area contributed by atoms with Crippen LogP contribution in [0.2, 0.25) is 0 Å². The number of methoxy groups -OCH3 is 4. The van der Waals surface area contributed by atoms with Gasteiger partial charge in [0.2, 0.25) is 0 Å². The highest BCUT2D eigenvalue weighted by Gasteiger charge is 2.25. The quantitative estimate of drug-likeness (QED) is 0.412. The van der Waals surface area contributed by atoms with Crippen molar-refractivity contribution in [3.8, 4) is 34.5 Å². The lowest BCUT2D eigenvalue weighted by atomic mass is 9.87. The molecule has 0 aromatic heterocycles. The molecule has 4 aromatic rings. The van der Waals surface area contributed by atoms with Crippen molar-refractivity contribution >= 4 is 21.5 Å². The lowest BCUT2D eigenvalue weighted by Gasteiger charge is -2.22. The maximum Gasteiger partial charge on any atom is 0.131 e. The molecule has 4 rings (SSSR count). The summed E-state index contributed by atoms with van der Waals surface area (Å²) >= 11 is 0. The summed E-state index contributed by atoms with van der Waals surface area (Å²) in [6.07, 6.45) is 0. The summed E-state index contributed by atoms with van der Waals surface area (Å²) in [5, 5.41) is 25.1. The lowest BCUT2D eigenvalue weighted by Crippen LogP contribution is -2.02. The Balaban J connectivity index is 2.02. The van der Waals surface area contributed by atoms with Crippen LogP contribution in [0, 0.1) is 0 Å². The van der Waals surface area contributed by atoms with E-state index in [0.29, 0.717) is 44.9 Å². The van der Waals surface area contributed by atoms with Crippen LogP contribution in [0.15, 0.2) is 48.5 Å². The van der Waals surface area contributed by atoms with E-state index in [1.165, 1.54) is 0 Å². The van der Waals surface area contributed by atoms with E-state index in [-0.39, 0.29) is 11.5 Å². The third-order valence-electron chi connectivity index (χ3n) is 5.99. The first-order chi connectivity index (χ1) is 15.5. The first-order valence-electron chi connectivity index (χ1n) is 10.2. The highest BCUT2D eigenvalue weighted by atomic mass is 16.5. The van der Waals surface area contributed by atoms with Gasteiger partial charge in [-0.3, -0.25) is 0 Å². The summed E-state index contributed by atoms with van der Waals surface area (Å²) in [6.45, 7) is 1.91. The van der Waals surface area contributed by atoms with Crippen molar-refractivity contribution in [2.75, 3.05) is 28.4 Å². The highest BCUT2D eigenvalue weighted by Crippen LogP contribution is 2.49. The number of hydrogen-bond acceptors (Lipinski definition) is 6. The average molecular weight is 434 g/mol. The Labute approximate surface area is 186 Å². The molecule has 0 aliphatic rings. The minimum absolute atomic E-state index is 0.0734. The summed E-state index contributed by atoms with van der Waals surface area (Å²) < 4.78 is 22.2. The maximum atomic E-state index is 11.3. The van der Waals surface area contributed by atoms with Gasteiger partial charge in [-0.05, 0) is 24.3 Å². The molecule has 32 heavy (non-hydrogen) atoms. The van der Waals surface area contributed by atoms with Gasteiger partial charge in [0.15, 0.2) is 0 Å². The number of hydrogen-bond donors (Lipinski definition) is 2. The largest absolute Gasteiger partial charge is 0.507 e. The van der Waals surface area contributed by atoms with Crippen LogP contribution in [0.4, 0.5) is 0 Å². The van der Waals surface area contributed by atoms with E-state index in [9.17, 15) is 10.2 Å². The highest BCUT2D eigenvalue weighted by molar-refractivity contribution is 6.00. The number of aromatic hydroxyl groups is 2. The number of benzene rings is 4. The predicted molar refractivity (Wildman–Crippen MR) is 125 cm³/mol. The Morgan fingerprint density at radius 1 is 0.594 bits per heavy atom. The Morgan fingerprint density at radius 3 is 1.31 bits per heavy atom. The fraction of sp³-hybridized carbons (Fsp3) is 0.231. The first kappa shape index (κ1) is 21.4. The fourth-order valence-corrected chi connectivity index (χ4v) is 4.33. The number of phenolic OH excluding ortho intramolecular Hbond substituents is 2. The number of fused-ring (bicyclic) bond motifs is 2. The predicted octanol–water partition coefficient (Wildman–Crippen LogP) is 5.59. The molecule has 166 valence electrons. The van der Waals surface area contributed by atoms with Gasteiger partial charge in [0, 0.05) is 27.8 Å². The van der Waals surface area contributed by atoms with E-state index in [4.69, 9.17) is 18.9 Å². The first-order valence-corrected chi connectivity index (χ1v) is 10.2. The van der Waals surface area contributed by atoms with Crippen LogP contribution in [-0.4, -0.2) is 38.7 Å². The second-order valence-electron chi connectivity index (χ2n) is 7.52. The topological polar surface area (TPSA) is 77.4 Å². The number of phenols is 2. The maximum absolute atomic E-state index is 11.3. The van der Waals surface area contributed by atoms with Crippen LogP contribution in [0.1, 0.15) is 24.0 Å². The van der Waals surface area contributed by atoms with Gasteiger partial charge in [-0.1, -0.05) is 31.2 Å². The molecule has 2 N–H and O–H groups in total. The molecule has 6 heteroatoms. The third-order valence-corrected chi connectivity index (χ3v) is 5.99. The standard InChI is InChI=1S/C26H26O6/c1-14(17-12-21(31-4)15-8-6-10-19(29-2)23(15)25(17)27)18-13-22(32-5)16-9-7-11-20(30-3)24(16)26(18)28/h6-14,27-28H,1-5H3. The van der Waals surface area contributed by atoms with Crippen LogP contribution >= 0.6 is 0 Å². The summed E-state index contributed by atoms with van der Waals surface area (Å²) in [7, 11) is 6.29. The number of ether oxygens (including phenoxy) is 4. The summed E-state index contributed by atoms with van der Waals surface area (Å²) in [6, 6.07) is 14.6. The Bertz CT molecular complexity index is 1210. The van der Waals surface area contributed by atoms with Crippen molar-refractivity contribution in [1.82, 2.24) is 0 Å². The van der Waals surface area contributed by atoms with Gasteiger partial charge in [-0.25, -0.2) is 0 Å². The van der Waals surface area contributed by atoms with Crippen LogP contribution in [0.5, 0.6) is 34.5 Å². The molecule has 0 unspecified atom stereocenters. The van der Waals surface area contributed by atoms with Crippen LogP contribution in [-0.2, 0) is 0 Å². The average Bonchev–Trinajstić information content (AvgIpc) is 2.83. The second kappa shape index (κ2) is 8.38. The molecule has 0 saturated heterocycles. The fourth-order valence-electron chi connectivity index (χ4n) is 4.33. The Hall–Kier alpha value is -3.80. The van der Waals surface area contributed by atoms with E-state index in [1.807, 2.05) is 31.2 Å². The van der Waals surface area contributed by atoms with Crippen molar-refractivity contribution in [1.29, 1.82) is 0 Å².